The van der Waals surface area contributed by atoms with Crippen molar-refractivity contribution in [2.24, 2.45) is 0 Å². The van der Waals surface area contributed by atoms with Gasteiger partial charge in [0.2, 0.25) is 0 Å². The Kier molecular flexibility index (Phi) is 8.44. The molecule has 0 saturated heterocycles. The van der Waals surface area contributed by atoms with E-state index in [-0.39, 0.29) is 6.61 Å². The van der Waals surface area contributed by atoms with E-state index in [1.54, 1.807) is 6.20 Å². The van der Waals surface area contributed by atoms with Crippen LogP contribution < -0.4 is 4.74 Å². The van der Waals surface area contributed by atoms with E-state index < -0.39 is 6.17 Å². The zero-order valence-electron chi connectivity index (χ0n) is 15.5. The number of halogens is 1. The molecule has 0 saturated carbocycles. The average Bonchev–Trinajstić information content (AvgIpc) is 2.66. The highest BCUT2D eigenvalue weighted by atomic mass is 19.1. The van der Waals surface area contributed by atoms with Crippen molar-refractivity contribution in [2.75, 3.05) is 6.61 Å². The number of rotatable bonds is 11. The number of benzene rings is 1. The first-order valence-corrected chi connectivity index (χ1v) is 9.55. The Morgan fingerprint density at radius 3 is 2.36 bits per heavy atom. The predicted octanol–water partition coefficient (Wildman–Crippen LogP) is 6.39. The highest BCUT2D eigenvalue weighted by Gasteiger charge is 2.07. The predicted molar refractivity (Wildman–Crippen MR) is 103 cm³/mol. The van der Waals surface area contributed by atoms with Crippen molar-refractivity contribution in [3.05, 3.63) is 48.2 Å². The van der Waals surface area contributed by atoms with Crippen molar-refractivity contribution >= 4 is 0 Å². The van der Waals surface area contributed by atoms with Gasteiger partial charge < -0.3 is 4.74 Å². The molecule has 0 aliphatic carbocycles. The Morgan fingerprint density at radius 1 is 0.960 bits per heavy atom. The highest BCUT2D eigenvalue weighted by molar-refractivity contribution is 5.59. The number of nitrogens with zero attached hydrogens (tertiary/aromatic N) is 1. The molecular formula is C22H30FNO. The van der Waals surface area contributed by atoms with E-state index in [0.717, 1.165) is 30.5 Å². The fourth-order valence-electron chi connectivity index (χ4n) is 2.75. The molecule has 0 bridgehead atoms. The molecule has 2 rings (SSSR count). The summed E-state index contributed by atoms with van der Waals surface area (Å²) in [4.78, 5) is 4.45. The first kappa shape index (κ1) is 19.4. The standard InChI is InChI=1S/C22H30FNO/c1-3-5-7-8-18-10-12-19(13-11-18)22-15-14-21(16-24-22)25-17-20(23)9-6-4-2/h10-16,20H,3-9,17H2,1-2H3. The summed E-state index contributed by atoms with van der Waals surface area (Å²) in [7, 11) is 0. The average molecular weight is 343 g/mol. The summed E-state index contributed by atoms with van der Waals surface area (Å²) in [6, 6.07) is 12.4. The second-order valence-electron chi connectivity index (χ2n) is 6.58. The van der Waals surface area contributed by atoms with Crippen LogP contribution in [0.5, 0.6) is 5.75 Å². The molecule has 0 amide bonds. The van der Waals surface area contributed by atoms with Crippen LogP contribution >= 0.6 is 0 Å². The van der Waals surface area contributed by atoms with Gasteiger partial charge in [-0.2, -0.15) is 0 Å². The molecular weight excluding hydrogens is 313 g/mol. The van der Waals surface area contributed by atoms with Crippen LogP contribution in [0, 0.1) is 0 Å². The van der Waals surface area contributed by atoms with Gasteiger partial charge in [-0.1, -0.05) is 63.8 Å². The smallest absolute Gasteiger partial charge is 0.137 e. The van der Waals surface area contributed by atoms with Crippen LogP contribution in [0.4, 0.5) is 4.39 Å². The molecule has 25 heavy (non-hydrogen) atoms. The summed E-state index contributed by atoms with van der Waals surface area (Å²) >= 11 is 0. The molecule has 0 aliphatic heterocycles. The zero-order valence-corrected chi connectivity index (χ0v) is 15.5. The number of unbranched alkanes of at least 4 members (excludes halogenated alkanes) is 3. The van der Waals surface area contributed by atoms with Gasteiger partial charge in [0.1, 0.15) is 18.5 Å². The number of aromatic nitrogens is 1. The van der Waals surface area contributed by atoms with Crippen molar-refractivity contribution in [1.82, 2.24) is 4.98 Å². The van der Waals surface area contributed by atoms with Gasteiger partial charge in [0.25, 0.3) is 0 Å². The van der Waals surface area contributed by atoms with Gasteiger partial charge in [-0.25, -0.2) is 4.39 Å². The third kappa shape index (κ3) is 6.85. The topological polar surface area (TPSA) is 22.1 Å². The summed E-state index contributed by atoms with van der Waals surface area (Å²) in [5.41, 5.74) is 3.38. The van der Waals surface area contributed by atoms with Crippen LogP contribution in [0.1, 0.15) is 57.9 Å². The maximum absolute atomic E-state index is 13.6. The molecule has 0 N–H and O–H groups in total. The van der Waals surface area contributed by atoms with E-state index in [2.05, 4.69) is 43.1 Å². The highest BCUT2D eigenvalue weighted by Crippen LogP contribution is 2.21. The van der Waals surface area contributed by atoms with Gasteiger partial charge >= 0.3 is 0 Å². The maximum atomic E-state index is 13.6. The molecule has 2 aromatic rings. The number of pyridine rings is 1. The summed E-state index contributed by atoms with van der Waals surface area (Å²) in [5.74, 6) is 0.624. The summed E-state index contributed by atoms with van der Waals surface area (Å²) < 4.78 is 19.1. The van der Waals surface area contributed by atoms with Crippen LogP contribution in [-0.2, 0) is 6.42 Å². The van der Waals surface area contributed by atoms with Gasteiger partial charge in [-0.3, -0.25) is 4.98 Å². The third-order valence-electron chi connectivity index (χ3n) is 4.36. The van der Waals surface area contributed by atoms with E-state index >= 15 is 0 Å². The van der Waals surface area contributed by atoms with E-state index in [4.69, 9.17) is 4.74 Å². The lowest BCUT2D eigenvalue weighted by molar-refractivity contribution is 0.184. The molecule has 2 nitrogen and oxygen atoms in total. The van der Waals surface area contributed by atoms with E-state index in [0.29, 0.717) is 12.2 Å². The largest absolute Gasteiger partial charge is 0.489 e. The summed E-state index contributed by atoms with van der Waals surface area (Å²) in [5, 5.41) is 0. The van der Waals surface area contributed by atoms with Crippen LogP contribution in [0.3, 0.4) is 0 Å². The van der Waals surface area contributed by atoms with E-state index in [1.807, 2.05) is 12.1 Å². The number of aryl methyl sites for hydroxylation is 1. The third-order valence-corrected chi connectivity index (χ3v) is 4.36. The van der Waals surface area contributed by atoms with Gasteiger partial charge in [0.05, 0.1) is 11.9 Å². The van der Waals surface area contributed by atoms with Gasteiger partial charge in [0.15, 0.2) is 0 Å². The lowest BCUT2D eigenvalue weighted by Crippen LogP contribution is -2.12. The Balaban J connectivity index is 1.86. The number of hydrogen-bond acceptors (Lipinski definition) is 2. The molecule has 0 aliphatic rings. The number of hydrogen-bond donors (Lipinski definition) is 0. The fraction of sp³-hybridized carbons (Fsp3) is 0.500. The number of alkyl halides is 1. The molecule has 0 spiro atoms. The van der Waals surface area contributed by atoms with Crippen molar-refractivity contribution < 1.29 is 9.13 Å². The maximum Gasteiger partial charge on any atom is 0.137 e. The quantitative estimate of drug-likeness (QED) is 0.441. The monoisotopic (exact) mass is 343 g/mol. The van der Waals surface area contributed by atoms with Crippen LogP contribution in [0.25, 0.3) is 11.3 Å². The molecule has 1 aromatic heterocycles. The van der Waals surface area contributed by atoms with Crippen LogP contribution in [0.15, 0.2) is 42.6 Å². The summed E-state index contributed by atoms with van der Waals surface area (Å²) in [6.07, 6.45) is 8.15. The lowest BCUT2D eigenvalue weighted by Gasteiger charge is -2.10. The van der Waals surface area contributed by atoms with Crippen molar-refractivity contribution in [3.8, 4) is 17.0 Å². The molecule has 1 unspecified atom stereocenters. The van der Waals surface area contributed by atoms with Crippen molar-refractivity contribution in [3.63, 3.8) is 0 Å². The van der Waals surface area contributed by atoms with Crippen LogP contribution in [-0.4, -0.2) is 17.8 Å². The Bertz CT molecular complexity index is 594. The second kappa shape index (κ2) is 10.9. The molecule has 136 valence electrons. The molecule has 0 fully saturated rings. The van der Waals surface area contributed by atoms with E-state index in [9.17, 15) is 4.39 Å². The Hall–Kier alpha value is -1.90. The Morgan fingerprint density at radius 2 is 1.72 bits per heavy atom. The molecule has 1 aromatic carbocycles. The molecule has 3 heteroatoms. The van der Waals surface area contributed by atoms with Crippen LogP contribution in [0.2, 0.25) is 0 Å². The zero-order chi connectivity index (χ0) is 17.9. The number of ether oxygens (including phenoxy) is 1. The fourth-order valence-corrected chi connectivity index (χ4v) is 2.75. The molecule has 1 heterocycles. The Labute approximate surface area is 151 Å². The summed E-state index contributed by atoms with van der Waals surface area (Å²) in [6.45, 7) is 4.39. The minimum atomic E-state index is -0.903. The van der Waals surface area contributed by atoms with Gasteiger partial charge in [0, 0.05) is 5.56 Å². The first-order chi connectivity index (χ1) is 12.2. The minimum absolute atomic E-state index is 0.105. The lowest BCUT2D eigenvalue weighted by atomic mass is 10.0. The van der Waals surface area contributed by atoms with E-state index in [1.165, 1.54) is 24.8 Å². The second-order valence-corrected chi connectivity index (χ2v) is 6.58. The van der Waals surface area contributed by atoms with Gasteiger partial charge in [-0.15, -0.1) is 0 Å². The first-order valence-electron chi connectivity index (χ1n) is 9.55. The van der Waals surface area contributed by atoms with Gasteiger partial charge in [-0.05, 0) is 37.0 Å². The van der Waals surface area contributed by atoms with Crippen molar-refractivity contribution in [2.45, 2.75) is 65.0 Å². The normalized spacial score (nSPS) is 12.1. The molecule has 1 atom stereocenters. The SMILES string of the molecule is CCCCCc1ccc(-c2ccc(OCC(F)CCCC)cn2)cc1. The van der Waals surface area contributed by atoms with Crippen molar-refractivity contribution in [1.29, 1.82) is 0 Å². The molecule has 0 radical (unpaired) electrons. The minimum Gasteiger partial charge on any atom is -0.489 e.